The molecule has 0 saturated carbocycles. The number of nitrogens with one attached hydrogen (secondary N) is 1. The van der Waals surface area contributed by atoms with Gasteiger partial charge in [0.25, 0.3) is 0 Å². The van der Waals surface area contributed by atoms with Gasteiger partial charge in [-0.2, -0.15) is 0 Å². The number of carbonyl (C=O) groups is 1. The van der Waals surface area contributed by atoms with Crippen molar-refractivity contribution in [3.63, 3.8) is 0 Å². The summed E-state index contributed by atoms with van der Waals surface area (Å²) >= 11 is 4.39. The van der Waals surface area contributed by atoms with Crippen molar-refractivity contribution in [3.05, 3.63) is 53.6 Å². The number of urea groups is 1. The highest BCUT2D eigenvalue weighted by molar-refractivity contribution is 7.78. The Bertz CT molecular complexity index is 782. The molecule has 0 saturated heterocycles. The second-order valence-electron chi connectivity index (χ2n) is 8.61. The Labute approximate surface area is 174 Å². The summed E-state index contributed by atoms with van der Waals surface area (Å²) in [5, 5.41) is 3.09. The number of nitrogens with zero attached hydrogens (tertiary/aromatic N) is 1. The van der Waals surface area contributed by atoms with Crippen LogP contribution in [-0.4, -0.2) is 15.9 Å². The molecule has 0 aliphatic carbocycles. The molecule has 2 aromatic rings. The zero-order valence-electron chi connectivity index (χ0n) is 17.9. The minimum Gasteiger partial charge on any atom is -0.457 e. The molecule has 2 rings (SSSR count). The van der Waals surface area contributed by atoms with Gasteiger partial charge in [0.05, 0.1) is 0 Å². The fourth-order valence-corrected chi connectivity index (χ4v) is 2.91. The third kappa shape index (κ3) is 5.44. The summed E-state index contributed by atoms with van der Waals surface area (Å²) in [5.41, 5.74) is 2.54. The minimum absolute atomic E-state index is 0.218. The molecular weight excluding hydrogens is 368 g/mol. The van der Waals surface area contributed by atoms with Crippen LogP contribution in [0.5, 0.6) is 11.5 Å². The largest absolute Gasteiger partial charge is 0.457 e. The van der Waals surface area contributed by atoms with Crippen LogP contribution in [0.2, 0.25) is 0 Å². The number of hydrogen-bond donors (Lipinski definition) is 2. The van der Waals surface area contributed by atoms with Crippen LogP contribution < -0.4 is 10.1 Å². The van der Waals surface area contributed by atoms with Crippen LogP contribution in [0.4, 0.5) is 10.5 Å². The van der Waals surface area contributed by atoms with Crippen LogP contribution >= 0.6 is 12.8 Å². The van der Waals surface area contributed by atoms with Crippen molar-refractivity contribution in [3.8, 4) is 11.5 Å². The second-order valence-corrected chi connectivity index (χ2v) is 9.01. The topological polar surface area (TPSA) is 41.6 Å². The van der Waals surface area contributed by atoms with Gasteiger partial charge in [0.2, 0.25) is 0 Å². The zero-order valence-corrected chi connectivity index (χ0v) is 18.8. The number of anilines is 1. The van der Waals surface area contributed by atoms with E-state index in [1.807, 2.05) is 63.2 Å². The summed E-state index contributed by atoms with van der Waals surface area (Å²) in [4.78, 5) is 12.8. The van der Waals surface area contributed by atoms with E-state index in [2.05, 4.69) is 45.8 Å². The second kappa shape index (κ2) is 8.91. The van der Waals surface area contributed by atoms with Crippen molar-refractivity contribution in [2.24, 2.45) is 0 Å². The molecule has 1 N–H and O–H groups in total. The first-order chi connectivity index (χ1) is 13.0. The number of para-hydroxylation sites is 1. The molecule has 0 aromatic heterocycles. The number of benzene rings is 2. The lowest BCUT2D eigenvalue weighted by molar-refractivity contribution is 0.216. The van der Waals surface area contributed by atoms with Gasteiger partial charge in [0, 0.05) is 11.2 Å². The number of rotatable bonds is 5. The van der Waals surface area contributed by atoms with Crippen molar-refractivity contribution in [1.82, 2.24) is 4.31 Å². The highest BCUT2D eigenvalue weighted by atomic mass is 32.1. The Kier molecular flexibility index (Phi) is 7.05. The predicted molar refractivity (Wildman–Crippen MR) is 121 cm³/mol. The number of amides is 2. The van der Waals surface area contributed by atoms with Crippen LogP contribution in [0, 0.1) is 0 Å². The van der Waals surface area contributed by atoms with Crippen LogP contribution in [0.3, 0.4) is 0 Å². The number of hydrogen-bond acceptors (Lipinski definition) is 3. The van der Waals surface area contributed by atoms with Gasteiger partial charge in [-0.05, 0) is 68.0 Å². The lowest BCUT2D eigenvalue weighted by atomic mass is 9.92. The molecule has 2 aromatic carbocycles. The molecule has 0 atom stereocenters. The van der Waals surface area contributed by atoms with Gasteiger partial charge in [0.1, 0.15) is 11.5 Å². The van der Waals surface area contributed by atoms with Gasteiger partial charge in [0.15, 0.2) is 0 Å². The number of carbonyl (C=O) groups excluding carboxylic acids is 1. The van der Waals surface area contributed by atoms with Crippen molar-refractivity contribution in [2.75, 3.05) is 5.32 Å². The maximum Gasteiger partial charge on any atom is 0.332 e. The number of ether oxygens (including phenoxy) is 1. The summed E-state index contributed by atoms with van der Waals surface area (Å²) < 4.78 is 7.51. The summed E-state index contributed by atoms with van der Waals surface area (Å²) in [5.74, 6) is 2.00. The third-order valence-electron chi connectivity index (χ3n) is 4.46. The normalized spacial score (nSPS) is 11.6. The van der Waals surface area contributed by atoms with Crippen LogP contribution in [-0.2, 0) is 0 Å². The van der Waals surface area contributed by atoms with E-state index in [-0.39, 0.29) is 23.4 Å². The van der Waals surface area contributed by atoms with Gasteiger partial charge in [-0.15, -0.1) is 0 Å². The van der Waals surface area contributed by atoms with Crippen LogP contribution in [0.25, 0.3) is 0 Å². The van der Waals surface area contributed by atoms with Crippen molar-refractivity contribution in [1.29, 1.82) is 0 Å². The maximum absolute atomic E-state index is 12.8. The standard InChI is InChI=1S/C23H32N2O2S/c1-15(2)19-13-18(27-17-11-9-8-10-12-17)14-20(16(3)4)21(19)24-22(26)25(28)23(5,6)7/h8-16,28H,1-7H3,(H,24,26). The summed E-state index contributed by atoms with van der Waals surface area (Å²) in [7, 11) is 0. The fraction of sp³-hybridized carbons (Fsp3) is 0.435. The molecule has 2 amide bonds. The van der Waals surface area contributed by atoms with Gasteiger partial charge >= 0.3 is 6.03 Å². The number of thiol groups is 1. The first-order valence-corrected chi connectivity index (χ1v) is 10.1. The molecule has 28 heavy (non-hydrogen) atoms. The Morgan fingerprint density at radius 1 is 0.964 bits per heavy atom. The molecule has 0 fully saturated rings. The molecule has 0 bridgehead atoms. The van der Waals surface area contributed by atoms with E-state index in [4.69, 9.17) is 4.74 Å². The summed E-state index contributed by atoms with van der Waals surface area (Å²) in [6, 6.07) is 13.5. The molecule has 152 valence electrons. The van der Waals surface area contributed by atoms with E-state index in [1.165, 1.54) is 4.31 Å². The maximum atomic E-state index is 12.8. The van der Waals surface area contributed by atoms with E-state index < -0.39 is 0 Å². The van der Waals surface area contributed by atoms with E-state index in [0.717, 1.165) is 28.3 Å². The molecule has 0 aliphatic rings. The monoisotopic (exact) mass is 400 g/mol. The van der Waals surface area contributed by atoms with Gasteiger partial charge in [-0.1, -0.05) is 58.7 Å². The van der Waals surface area contributed by atoms with E-state index in [9.17, 15) is 4.79 Å². The summed E-state index contributed by atoms with van der Waals surface area (Å²) in [6.45, 7) is 14.3. The van der Waals surface area contributed by atoms with Crippen molar-refractivity contribution in [2.45, 2.75) is 65.8 Å². The third-order valence-corrected chi connectivity index (χ3v) is 5.24. The molecule has 0 radical (unpaired) electrons. The Morgan fingerprint density at radius 2 is 1.46 bits per heavy atom. The Balaban J connectivity index is 2.47. The average Bonchev–Trinajstić information content (AvgIpc) is 2.61. The molecule has 5 heteroatoms. The molecule has 0 aliphatic heterocycles. The van der Waals surface area contributed by atoms with Crippen LogP contribution in [0.1, 0.15) is 71.4 Å². The smallest absolute Gasteiger partial charge is 0.332 e. The highest BCUT2D eigenvalue weighted by Crippen LogP contribution is 2.38. The van der Waals surface area contributed by atoms with Gasteiger partial charge in [-0.25, -0.2) is 4.79 Å². The molecule has 0 unspecified atom stereocenters. The van der Waals surface area contributed by atoms with Gasteiger partial charge < -0.3 is 10.1 Å². The first kappa shape index (κ1) is 22.2. The minimum atomic E-state index is -0.389. The van der Waals surface area contributed by atoms with Crippen molar-refractivity contribution < 1.29 is 9.53 Å². The Hall–Kier alpha value is -2.14. The Morgan fingerprint density at radius 3 is 1.89 bits per heavy atom. The van der Waals surface area contributed by atoms with Crippen molar-refractivity contribution >= 4 is 24.5 Å². The molecule has 4 nitrogen and oxygen atoms in total. The SMILES string of the molecule is CC(C)c1cc(Oc2ccccc2)cc(C(C)C)c1NC(=O)N(S)C(C)(C)C. The van der Waals surface area contributed by atoms with E-state index >= 15 is 0 Å². The van der Waals surface area contributed by atoms with E-state index in [1.54, 1.807) is 0 Å². The lowest BCUT2D eigenvalue weighted by Gasteiger charge is -2.31. The quantitative estimate of drug-likeness (QED) is 0.521. The molecular formula is C23H32N2O2S. The lowest BCUT2D eigenvalue weighted by Crippen LogP contribution is -2.41. The average molecular weight is 401 g/mol. The van der Waals surface area contributed by atoms with Gasteiger partial charge in [-0.3, -0.25) is 4.31 Å². The fourth-order valence-electron chi connectivity index (χ4n) is 2.86. The summed E-state index contributed by atoms with van der Waals surface area (Å²) in [6.07, 6.45) is 0. The predicted octanol–water partition coefficient (Wildman–Crippen LogP) is 7.20. The van der Waals surface area contributed by atoms with E-state index in [0.29, 0.717) is 0 Å². The van der Waals surface area contributed by atoms with Crippen LogP contribution in [0.15, 0.2) is 42.5 Å². The zero-order chi connectivity index (χ0) is 21.1. The molecule has 0 heterocycles. The first-order valence-electron chi connectivity index (χ1n) is 9.71. The molecule has 0 spiro atoms. The highest BCUT2D eigenvalue weighted by Gasteiger charge is 2.26.